The van der Waals surface area contributed by atoms with Crippen molar-refractivity contribution in [3.8, 4) is 6.07 Å². The fourth-order valence-electron chi connectivity index (χ4n) is 3.48. The van der Waals surface area contributed by atoms with Crippen LogP contribution in [0.5, 0.6) is 0 Å². The van der Waals surface area contributed by atoms with Gasteiger partial charge in [-0.3, -0.25) is 5.32 Å². The van der Waals surface area contributed by atoms with E-state index in [1.807, 2.05) is 0 Å². The van der Waals surface area contributed by atoms with E-state index in [1.165, 1.54) is 43.4 Å². The average molecular weight is 269 g/mol. The first-order chi connectivity index (χ1) is 9.78. The van der Waals surface area contributed by atoms with Crippen LogP contribution in [0.1, 0.15) is 49.3 Å². The van der Waals surface area contributed by atoms with Crippen LogP contribution in [0.2, 0.25) is 0 Å². The molecule has 1 N–H and O–H groups in total. The van der Waals surface area contributed by atoms with Crippen LogP contribution in [0, 0.1) is 11.3 Å². The molecule has 1 unspecified atom stereocenters. The molecule has 0 amide bonds. The van der Waals surface area contributed by atoms with Crippen LogP contribution in [0.25, 0.3) is 0 Å². The lowest BCUT2D eigenvalue weighted by molar-refractivity contribution is 0.360. The predicted octanol–water partition coefficient (Wildman–Crippen LogP) is 3.17. The highest BCUT2D eigenvalue weighted by Gasteiger charge is 2.21. The summed E-state index contributed by atoms with van der Waals surface area (Å²) in [7, 11) is 2.13. The molecule has 0 saturated heterocycles. The van der Waals surface area contributed by atoms with Crippen molar-refractivity contribution >= 4 is 5.69 Å². The molecular formula is C17H23N3. The van der Waals surface area contributed by atoms with Crippen molar-refractivity contribution in [3.63, 3.8) is 0 Å². The molecule has 1 atom stereocenters. The molecule has 3 rings (SSSR count). The molecule has 1 aromatic carbocycles. The number of hydrogen-bond donors (Lipinski definition) is 1. The second-order valence-corrected chi connectivity index (χ2v) is 6.12. The fourth-order valence-corrected chi connectivity index (χ4v) is 3.48. The maximum Gasteiger partial charge on any atom is 0.121 e. The highest BCUT2D eigenvalue weighted by molar-refractivity contribution is 5.59. The van der Waals surface area contributed by atoms with Crippen molar-refractivity contribution in [1.82, 2.24) is 5.32 Å². The minimum absolute atomic E-state index is 0.158. The number of anilines is 1. The van der Waals surface area contributed by atoms with Gasteiger partial charge in [0, 0.05) is 25.3 Å². The molecule has 106 valence electrons. The minimum atomic E-state index is -0.158. The molecular weight excluding hydrogens is 246 g/mol. The van der Waals surface area contributed by atoms with Crippen LogP contribution in [0.3, 0.4) is 0 Å². The number of fused-ring (bicyclic) bond motifs is 1. The number of hydrogen-bond acceptors (Lipinski definition) is 3. The molecule has 1 fully saturated rings. The van der Waals surface area contributed by atoms with Gasteiger partial charge >= 0.3 is 0 Å². The third kappa shape index (κ3) is 2.66. The summed E-state index contributed by atoms with van der Waals surface area (Å²) in [6.07, 6.45) is 7.47. The van der Waals surface area contributed by atoms with Crippen LogP contribution in [0.15, 0.2) is 18.2 Å². The van der Waals surface area contributed by atoms with Crippen molar-refractivity contribution in [1.29, 1.82) is 5.26 Å². The quantitative estimate of drug-likeness (QED) is 0.916. The van der Waals surface area contributed by atoms with Gasteiger partial charge in [-0.15, -0.1) is 0 Å². The lowest BCUT2D eigenvalue weighted by atomic mass is 9.94. The molecule has 0 aromatic heterocycles. The molecule has 2 aliphatic rings. The number of nitrogens with one attached hydrogen (secondary N) is 1. The number of nitriles is 1. The molecule has 1 aliphatic carbocycles. The number of nitrogens with zero attached hydrogens (tertiary/aromatic N) is 2. The van der Waals surface area contributed by atoms with Crippen molar-refractivity contribution in [2.75, 3.05) is 18.5 Å². The Labute approximate surface area is 121 Å². The van der Waals surface area contributed by atoms with E-state index in [4.69, 9.17) is 0 Å². The summed E-state index contributed by atoms with van der Waals surface area (Å²) >= 11 is 0. The predicted molar refractivity (Wildman–Crippen MR) is 81.8 cm³/mol. The van der Waals surface area contributed by atoms with Crippen molar-refractivity contribution < 1.29 is 0 Å². The zero-order valence-electron chi connectivity index (χ0n) is 12.2. The van der Waals surface area contributed by atoms with Crippen LogP contribution < -0.4 is 10.2 Å². The summed E-state index contributed by atoms with van der Waals surface area (Å²) in [5, 5.41) is 13.0. The van der Waals surface area contributed by atoms with E-state index < -0.39 is 0 Å². The first-order valence-corrected chi connectivity index (χ1v) is 7.77. The third-order valence-corrected chi connectivity index (χ3v) is 4.70. The highest BCUT2D eigenvalue weighted by atomic mass is 15.1. The van der Waals surface area contributed by atoms with E-state index in [0.717, 1.165) is 18.5 Å². The molecule has 0 spiro atoms. The largest absolute Gasteiger partial charge is 0.374 e. The summed E-state index contributed by atoms with van der Waals surface area (Å²) in [5.41, 5.74) is 3.84. The van der Waals surface area contributed by atoms with Gasteiger partial charge < -0.3 is 4.90 Å². The van der Waals surface area contributed by atoms with Gasteiger partial charge in [-0.1, -0.05) is 31.4 Å². The van der Waals surface area contributed by atoms with E-state index in [9.17, 15) is 5.26 Å². The van der Waals surface area contributed by atoms with Crippen molar-refractivity contribution in [2.24, 2.45) is 0 Å². The van der Waals surface area contributed by atoms with Gasteiger partial charge in [-0.2, -0.15) is 5.26 Å². The molecule has 1 aromatic rings. The summed E-state index contributed by atoms with van der Waals surface area (Å²) in [6, 6.07) is 9.31. The van der Waals surface area contributed by atoms with Crippen molar-refractivity contribution in [2.45, 2.75) is 50.6 Å². The van der Waals surface area contributed by atoms with E-state index in [1.54, 1.807) is 0 Å². The number of rotatable bonds is 3. The highest BCUT2D eigenvalue weighted by Crippen LogP contribution is 2.30. The summed E-state index contributed by atoms with van der Waals surface area (Å²) in [4.78, 5) is 2.29. The van der Waals surface area contributed by atoms with Gasteiger partial charge in [-0.05, 0) is 36.5 Å². The monoisotopic (exact) mass is 269 g/mol. The third-order valence-electron chi connectivity index (χ3n) is 4.70. The molecule has 3 nitrogen and oxygen atoms in total. The lowest BCUT2D eigenvalue weighted by Gasteiger charge is -2.25. The molecule has 1 aliphatic heterocycles. The Morgan fingerprint density at radius 3 is 2.85 bits per heavy atom. The summed E-state index contributed by atoms with van der Waals surface area (Å²) in [6.45, 7) is 1.09. The van der Waals surface area contributed by atoms with Crippen LogP contribution >= 0.6 is 0 Å². The van der Waals surface area contributed by atoms with Gasteiger partial charge in [0.1, 0.15) is 6.04 Å². The fraction of sp³-hybridized carbons (Fsp3) is 0.588. The topological polar surface area (TPSA) is 39.1 Å². The maximum atomic E-state index is 9.49. The Morgan fingerprint density at radius 1 is 1.30 bits per heavy atom. The SMILES string of the molecule is CN1CCc2cc(C(C#N)NC3CCCCC3)ccc21. The lowest BCUT2D eigenvalue weighted by Crippen LogP contribution is -2.33. The maximum absolute atomic E-state index is 9.49. The zero-order chi connectivity index (χ0) is 13.9. The number of likely N-dealkylation sites (N-methyl/N-ethyl adjacent to an activating group) is 1. The van der Waals surface area contributed by atoms with Gasteiger partial charge in [0.05, 0.1) is 6.07 Å². The molecule has 0 bridgehead atoms. The summed E-state index contributed by atoms with van der Waals surface area (Å²) in [5.74, 6) is 0. The molecule has 20 heavy (non-hydrogen) atoms. The Bertz CT molecular complexity index is 511. The van der Waals surface area contributed by atoms with Crippen molar-refractivity contribution in [3.05, 3.63) is 29.3 Å². The van der Waals surface area contributed by atoms with Gasteiger partial charge in [-0.25, -0.2) is 0 Å². The first-order valence-electron chi connectivity index (χ1n) is 7.77. The minimum Gasteiger partial charge on any atom is -0.374 e. The Hall–Kier alpha value is -1.53. The second kappa shape index (κ2) is 5.85. The molecule has 1 saturated carbocycles. The standard InChI is InChI=1S/C17H23N3/c1-20-10-9-14-11-13(7-8-17(14)20)16(12-18)19-15-5-3-2-4-6-15/h7-8,11,15-16,19H,2-6,9-10H2,1H3. The first kappa shape index (κ1) is 13.5. The zero-order valence-corrected chi connectivity index (χ0v) is 12.2. The van der Waals surface area contributed by atoms with Crippen LogP contribution in [-0.2, 0) is 6.42 Å². The van der Waals surface area contributed by atoms with E-state index >= 15 is 0 Å². The average Bonchev–Trinajstić information content (AvgIpc) is 2.87. The molecule has 1 heterocycles. The van der Waals surface area contributed by atoms with E-state index in [0.29, 0.717) is 6.04 Å². The Balaban J connectivity index is 1.74. The van der Waals surface area contributed by atoms with Gasteiger partial charge in [0.25, 0.3) is 0 Å². The van der Waals surface area contributed by atoms with Gasteiger partial charge in [0.2, 0.25) is 0 Å². The van der Waals surface area contributed by atoms with Gasteiger partial charge in [0.15, 0.2) is 0 Å². The van der Waals surface area contributed by atoms with E-state index in [-0.39, 0.29) is 6.04 Å². The summed E-state index contributed by atoms with van der Waals surface area (Å²) < 4.78 is 0. The Kier molecular flexibility index (Phi) is 3.93. The number of benzene rings is 1. The molecule has 0 radical (unpaired) electrons. The van der Waals surface area contributed by atoms with Crippen LogP contribution in [-0.4, -0.2) is 19.6 Å². The second-order valence-electron chi connectivity index (χ2n) is 6.12. The Morgan fingerprint density at radius 2 is 2.10 bits per heavy atom. The van der Waals surface area contributed by atoms with Crippen LogP contribution in [0.4, 0.5) is 5.69 Å². The molecule has 3 heteroatoms. The van der Waals surface area contributed by atoms with E-state index in [2.05, 4.69) is 41.5 Å². The normalized spacial score (nSPS) is 20.5. The smallest absolute Gasteiger partial charge is 0.121 e.